The van der Waals surface area contributed by atoms with Crippen LogP contribution in [-0.2, 0) is 9.47 Å². The van der Waals surface area contributed by atoms with E-state index in [1.807, 2.05) is 13.0 Å². The number of ether oxygens (including phenoxy) is 2. The fourth-order valence-corrected chi connectivity index (χ4v) is 2.35. The number of aliphatic imine (C=N–C) groups is 1. The second-order valence-electron chi connectivity index (χ2n) is 5.63. The lowest BCUT2D eigenvalue weighted by atomic mass is 10.1. The van der Waals surface area contributed by atoms with Crippen molar-refractivity contribution in [2.24, 2.45) is 4.99 Å². The van der Waals surface area contributed by atoms with Crippen molar-refractivity contribution in [2.75, 3.05) is 26.9 Å². The minimum atomic E-state index is -0.270. The second kappa shape index (κ2) is 9.34. The number of hydrogen-bond acceptors (Lipinski definition) is 5. The second-order valence-corrected chi connectivity index (χ2v) is 5.63. The number of carbonyl (C=O) groups is 1. The third kappa shape index (κ3) is 5.01. The summed E-state index contributed by atoms with van der Waals surface area (Å²) in [6.07, 6.45) is 6.10. The van der Waals surface area contributed by atoms with Crippen molar-refractivity contribution in [3.63, 3.8) is 0 Å². The van der Waals surface area contributed by atoms with Gasteiger partial charge in [0.05, 0.1) is 19.4 Å². The van der Waals surface area contributed by atoms with Gasteiger partial charge in [0, 0.05) is 13.7 Å². The first-order valence-electron chi connectivity index (χ1n) is 8.37. The summed E-state index contributed by atoms with van der Waals surface area (Å²) in [4.78, 5) is 23.9. The lowest BCUT2D eigenvalue weighted by Crippen LogP contribution is -2.39. The number of amides is 1. The van der Waals surface area contributed by atoms with E-state index in [0.29, 0.717) is 37.2 Å². The van der Waals surface area contributed by atoms with Crippen LogP contribution < -0.4 is 5.32 Å². The number of amidine groups is 1. The molecule has 2 N–H and O–H groups in total. The molecule has 132 valence electrons. The molecule has 1 amide bonds. The summed E-state index contributed by atoms with van der Waals surface area (Å²) in [5.74, 6) is 0.955. The van der Waals surface area contributed by atoms with Crippen LogP contribution in [0.4, 0.5) is 0 Å². The molecular formula is C17H26N4O3. The summed E-state index contributed by atoms with van der Waals surface area (Å²) >= 11 is 0. The number of hydrogen-bond donors (Lipinski definition) is 2. The predicted molar refractivity (Wildman–Crippen MR) is 93.1 cm³/mol. The van der Waals surface area contributed by atoms with Crippen molar-refractivity contribution in [3.8, 4) is 0 Å². The first kappa shape index (κ1) is 18.4. The Hall–Kier alpha value is -1.99. The van der Waals surface area contributed by atoms with Gasteiger partial charge in [0.25, 0.3) is 5.91 Å². The number of nitrogens with zero attached hydrogens (tertiary/aromatic N) is 2. The van der Waals surface area contributed by atoms with Crippen LogP contribution in [0.5, 0.6) is 0 Å². The van der Waals surface area contributed by atoms with E-state index in [1.165, 1.54) is 6.20 Å². The van der Waals surface area contributed by atoms with Gasteiger partial charge in [-0.25, -0.2) is 4.98 Å². The number of H-pyrrole nitrogens is 1. The molecule has 0 saturated carbocycles. The molecule has 1 aromatic heterocycles. The average Bonchev–Trinajstić information content (AvgIpc) is 3.10. The molecule has 0 saturated heterocycles. The van der Waals surface area contributed by atoms with Crippen molar-refractivity contribution in [2.45, 2.75) is 39.2 Å². The number of aromatic amines is 1. The van der Waals surface area contributed by atoms with Crippen LogP contribution in [0.15, 0.2) is 17.3 Å². The maximum atomic E-state index is 12.4. The molecule has 24 heavy (non-hydrogen) atoms. The van der Waals surface area contributed by atoms with Crippen molar-refractivity contribution < 1.29 is 14.3 Å². The Morgan fingerprint density at radius 2 is 2.42 bits per heavy atom. The fraction of sp³-hybridized carbons (Fsp3) is 0.588. The zero-order valence-corrected chi connectivity index (χ0v) is 14.6. The zero-order chi connectivity index (χ0) is 17.4. The Kier molecular flexibility index (Phi) is 7.14. The first-order chi connectivity index (χ1) is 11.7. The highest BCUT2D eigenvalue weighted by Gasteiger charge is 2.18. The van der Waals surface area contributed by atoms with E-state index in [9.17, 15) is 4.79 Å². The Morgan fingerprint density at radius 3 is 3.08 bits per heavy atom. The SMILES string of the molecule is CCCCOC(C)C(=NC)NC(=O)c1cnc(C2=CCOCC2)[nH]1. The normalized spacial score (nSPS) is 16.6. The number of imidazole rings is 1. The Morgan fingerprint density at radius 1 is 1.58 bits per heavy atom. The van der Waals surface area contributed by atoms with Crippen molar-refractivity contribution in [3.05, 3.63) is 23.8 Å². The third-order valence-corrected chi connectivity index (χ3v) is 3.82. The number of nitrogens with one attached hydrogen (secondary N) is 2. The van der Waals surface area contributed by atoms with Crippen LogP contribution in [0.3, 0.4) is 0 Å². The molecule has 1 aliphatic rings. The molecule has 0 bridgehead atoms. The third-order valence-electron chi connectivity index (χ3n) is 3.82. The smallest absolute Gasteiger partial charge is 0.274 e. The summed E-state index contributed by atoms with van der Waals surface area (Å²) in [7, 11) is 1.64. The van der Waals surface area contributed by atoms with E-state index in [1.54, 1.807) is 7.05 Å². The molecule has 7 heteroatoms. The summed E-state index contributed by atoms with van der Waals surface area (Å²) in [6, 6.07) is 0. The molecule has 1 atom stereocenters. The topological polar surface area (TPSA) is 88.6 Å². The van der Waals surface area contributed by atoms with Gasteiger partial charge in [-0.1, -0.05) is 19.4 Å². The highest BCUT2D eigenvalue weighted by molar-refractivity contribution is 6.06. The van der Waals surface area contributed by atoms with Gasteiger partial charge in [0.1, 0.15) is 23.5 Å². The van der Waals surface area contributed by atoms with Crippen LogP contribution in [-0.4, -0.2) is 54.7 Å². The van der Waals surface area contributed by atoms with E-state index in [0.717, 1.165) is 24.8 Å². The van der Waals surface area contributed by atoms with Crippen molar-refractivity contribution in [1.29, 1.82) is 0 Å². The Bertz CT molecular complexity index is 607. The van der Waals surface area contributed by atoms with E-state index >= 15 is 0 Å². The molecule has 7 nitrogen and oxygen atoms in total. The first-order valence-corrected chi connectivity index (χ1v) is 8.37. The minimum Gasteiger partial charge on any atom is -0.377 e. The standard InChI is InChI=1S/C17H26N4O3/c1-4-5-8-24-12(2)15(18-3)21-17(22)14-11-19-16(20-14)13-6-9-23-10-7-13/h6,11-12H,4-5,7-10H2,1-3H3,(H,19,20)(H,18,21,22). The van der Waals surface area contributed by atoms with Crippen LogP contribution in [0.25, 0.3) is 5.57 Å². The lowest BCUT2D eigenvalue weighted by molar-refractivity contribution is 0.0922. The fourth-order valence-electron chi connectivity index (χ4n) is 2.35. The van der Waals surface area contributed by atoms with E-state index in [-0.39, 0.29) is 12.0 Å². The summed E-state index contributed by atoms with van der Waals surface area (Å²) < 4.78 is 11.0. The Balaban J connectivity index is 1.95. The molecule has 1 aliphatic heterocycles. The minimum absolute atomic E-state index is 0.258. The van der Waals surface area contributed by atoms with Gasteiger partial charge in [-0.15, -0.1) is 0 Å². The molecule has 1 unspecified atom stereocenters. The maximum absolute atomic E-state index is 12.4. The quantitative estimate of drug-likeness (QED) is 0.454. The molecule has 0 aromatic carbocycles. The van der Waals surface area contributed by atoms with Gasteiger partial charge in [0.2, 0.25) is 0 Å². The molecule has 2 rings (SSSR count). The van der Waals surface area contributed by atoms with E-state index in [2.05, 4.69) is 27.2 Å². The van der Waals surface area contributed by atoms with Gasteiger partial charge in [-0.2, -0.15) is 0 Å². The van der Waals surface area contributed by atoms with Crippen LogP contribution in [0.2, 0.25) is 0 Å². The molecule has 1 aromatic rings. The Labute approximate surface area is 142 Å². The number of carbonyl (C=O) groups excluding carboxylic acids is 1. The largest absolute Gasteiger partial charge is 0.377 e. The zero-order valence-electron chi connectivity index (χ0n) is 14.6. The maximum Gasteiger partial charge on any atom is 0.274 e. The monoisotopic (exact) mass is 334 g/mol. The van der Waals surface area contributed by atoms with Crippen LogP contribution in [0.1, 0.15) is 49.4 Å². The van der Waals surface area contributed by atoms with Crippen molar-refractivity contribution >= 4 is 17.3 Å². The molecule has 2 heterocycles. The van der Waals surface area contributed by atoms with Gasteiger partial charge in [-0.3, -0.25) is 9.79 Å². The van der Waals surface area contributed by atoms with Crippen LogP contribution in [0, 0.1) is 0 Å². The molecule has 0 radical (unpaired) electrons. The van der Waals surface area contributed by atoms with Gasteiger partial charge < -0.3 is 19.8 Å². The molecular weight excluding hydrogens is 308 g/mol. The highest BCUT2D eigenvalue weighted by atomic mass is 16.5. The summed E-state index contributed by atoms with van der Waals surface area (Å²) in [5.41, 5.74) is 1.47. The number of rotatable bonds is 7. The average molecular weight is 334 g/mol. The van der Waals surface area contributed by atoms with E-state index < -0.39 is 0 Å². The molecule has 0 fully saturated rings. The number of aromatic nitrogens is 2. The van der Waals surface area contributed by atoms with Gasteiger partial charge in [-0.05, 0) is 25.3 Å². The number of unbranched alkanes of at least 4 members (excludes halogenated alkanes) is 1. The summed E-state index contributed by atoms with van der Waals surface area (Å²) in [6.45, 7) is 5.89. The van der Waals surface area contributed by atoms with E-state index in [4.69, 9.17) is 9.47 Å². The van der Waals surface area contributed by atoms with Crippen LogP contribution >= 0.6 is 0 Å². The molecule has 0 aliphatic carbocycles. The predicted octanol–water partition coefficient (Wildman–Crippen LogP) is 2.18. The lowest BCUT2D eigenvalue weighted by Gasteiger charge is -2.16. The van der Waals surface area contributed by atoms with Crippen molar-refractivity contribution in [1.82, 2.24) is 15.3 Å². The summed E-state index contributed by atoms with van der Waals surface area (Å²) in [5, 5.41) is 2.80. The molecule has 0 spiro atoms. The van der Waals surface area contributed by atoms with Gasteiger partial charge >= 0.3 is 0 Å². The van der Waals surface area contributed by atoms with Gasteiger partial charge in [0.15, 0.2) is 0 Å². The highest BCUT2D eigenvalue weighted by Crippen LogP contribution is 2.18.